The second-order valence-electron chi connectivity index (χ2n) is 4.43. The highest BCUT2D eigenvalue weighted by Gasteiger charge is 2.30. The summed E-state index contributed by atoms with van der Waals surface area (Å²) in [6, 6.07) is 6.31. The molecule has 0 bridgehead atoms. The zero-order valence-electron chi connectivity index (χ0n) is 9.81. The van der Waals surface area contributed by atoms with Crippen LogP contribution in [0.1, 0.15) is 19.4 Å². The maximum Gasteiger partial charge on any atom is 0.260 e. The van der Waals surface area contributed by atoms with E-state index in [2.05, 4.69) is 4.99 Å². The molecule has 1 atom stereocenters. The molecule has 1 unspecified atom stereocenters. The van der Waals surface area contributed by atoms with Gasteiger partial charge in [0.05, 0.1) is 10.3 Å². The monoisotopic (exact) mass is 251 g/mol. The number of carbonyl (C=O) groups excluding carboxylic acids is 1. The van der Waals surface area contributed by atoms with Crippen molar-refractivity contribution in [1.29, 1.82) is 0 Å². The van der Waals surface area contributed by atoms with Crippen LogP contribution in [0.5, 0.6) is 0 Å². The minimum atomic E-state index is -0.245. The van der Waals surface area contributed by atoms with Gasteiger partial charge in [-0.15, -0.1) is 0 Å². The molecule has 0 spiro atoms. The maximum absolute atomic E-state index is 12.7. The largest absolute Gasteiger partial charge is 0.271 e. The molecule has 0 saturated heterocycles. The van der Waals surface area contributed by atoms with Crippen LogP contribution in [0.4, 0.5) is 4.39 Å². The van der Waals surface area contributed by atoms with E-state index in [-0.39, 0.29) is 17.0 Å². The molecule has 0 N–H and O–H groups in total. The van der Waals surface area contributed by atoms with E-state index in [1.165, 1.54) is 23.9 Å². The van der Waals surface area contributed by atoms with Gasteiger partial charge in [0.1, 0.15) is 5.82 Å². The predicted octanol–water partition coefficient (Wildman–Crippen LogP) is 3.06. The van der Waals surface area contributed by atoms with E-state index >= 15 is 0 Å². The van der Waals surface area contributed by atoms with Gasteiger partial charge in [0.2, 0.25) is 0 Å². The van der Waals surface area contributed by atoms with E-state index < -0.39 is 0 Å². The molecule has 0 aromatic heterocycles. The number of hydrogen-bond donors (Lipinski definition) is 0. The summed E-state index contributed by atoms with van der Waals surface area (Å²) in [4.78, 5) is 15.7. The summed E-state index contributed by atoms with van der Waals surface area (Å²) in [6.07, 6.45) is 0.611. The molecular weight excluding hydrogens is 237 g/mol. The van der Waals surface area contributed by atoms with Gasteiger partial charge >= 0.3 is 0 Å². The molecule has 2 rings (SSSR count). The lowest BCUT2D eigenvalue weighted by molar-refractivity contribution is -0.117. The van der Waals surface area contributed by atoms with E-state index in [0.717, 1.165) is 10.6 Å². The van der Waals surface area contributed by atoms with Crippen molar-refractivity contribution in [3.05, 3.63) is 35.6 Å². The summed E-state index contributed by atoms with van der Waals surface area (Å²) in [7, 11) is 0. The molecule has 0 radical (unpaired) electrons. The topological polar surface area (TPSA) is 29.4 Å². The minimum Gasteiger partial charge on any atom is -0.271 e. The summed E-state index contributed by atoms with van der Waals surface area (Å²) in [6.45, 7) is 4.04. The fraction of sp³-hybridized carbons (Fsp3) is 0.385. The Kier molecular flexibility index (Phi) is 3.62. The number of aliphatic imine (C=N–C) groups is 1. The van der Waals surface area contributed by atoms with E-state index in [0.29, 0.717) is 12.3 Å². The first-order valence-corrected chi connectivity index (χ1v) is 6.46. The quantitative estimate of drug-likeness (QED) is 0.826. The number of amides is 1. The minimum absolute atomic E-state index is 0.0397. The van der Waals surface area contributed by atoms with Gasteiger partial charge in [-0.2, -0.15) is 0 Å². The number of benzene rings is 1. The third-order valence-corrected chi connectivity index (χ3v) is 4.12. The molecule has 4 heteroatoms. The van der Waals surface area contributed by atoms with Crippen molar-refractivity contribution in [2.45, 2.75) is 25.5 Å². The lowest BCUT2D eigenvalue weighted by atomic mass is 10.1. The molecule has 1 aliphatic heterocycles. The molecule has 1 aromatic carbocycles. The van der Waals surface area contributed by atoms with Gasteiger partial charge in [0.25, 0.3) is 5.91 Å². The molecule has 17 heavy (non-hydrogen) atoms. The Morgan fingerprint density at radius 3 is 2.53 bits per heavy atom. The first kappa shape index (κ1) is 12.3. The Morgan fingerprint density at radius 1 is 1.35 bits per heavy atom. The molecule has 1 amide bonds. The molecule has 1 aliphatic rings. The maximum atomic E-state index is 12.7. The average molecular weight is 251 g/mol. The van der Waals surface area contributed by atoms with Gasteiger partial charge in [-0.25, -0.2) is 9.38 Å². The number of rotatable bonds is 3. The van der Waals surface area contributed by atoms with Gasteiger partial charge in [-0.3, -0.25) is 4.79 Å². The van der Waals surface area contributed by atoms with Crippen LogP contribution in [0.25, 0.3) is 0 Å². The van der Waals surface area contributed by atoms with E-state index in [4.69, 9.17) is 0 Å². The zero-order chi connectivity index (χ0) is 12.4. The second-order valence-corrected chi connectivity index (χ2v) is 5.64. The van der Waals surface area contributed by atoms with Crippen molar-refractivity contribution in [3.8, 4) is 0 Å². The highest BCUT2D eigenvalue weighted by atomic mass is 32.2. The smallest absolute Gasteiger partial charge is 0.260 e. The van der Waals surface area contributed by atoms with Crippen molar-refractivity contribution in [1.82, 2.24) is 0 Å². The zero-order valence-corrected chi connectivity index (χ0v) is 10.6. The standard InChI is InChI=1S/C13H14FNOS/c1-8(2)12-13(16)15-11(17-12)7-9-3-5-10(14)6-4-9/h3-6,8,12H,7H2,1-2H3. The fourth-order valence-electron chi connectivity index (χ4n) is 1.69. The third-order valence-electron chi connectivity index (χ3n) is 2.62. The van der Waals surface area contributed by atoms with E-state index in [1.54, 1.807) is 12.1 Å². The van der Waals surface area contributed by atoms with Crippen LogP contribution >= 0.6 is 11.8 Å². The van der Waals surface area contributed by atoms with Crippen LogP contribution in [0.3, 0.4) is 0 Å². The molecule has 0 saturated carbocycles. The molecule has 0 fully saturated rings. The van der Waals surface area contributed by atoms with Crippen molar-refractivity contribution in [2.75, 3.05) is 0 Å². The van der Waals surface area contributed by atoms with Gasteiger partial charge in [-0.05, 0) is 23.6 Å². The molecule has 2 nitrogen and oxygen atoms in total. The van der Waals surface area contributed by atoms with Crippen LogP contribution in [0.2, 0.25) is 0 Å². The average Bonchev–Trinajstić information content (AvgIpc) is 2.63. The number of halogens is 1. The fourth-order valence-corrected chi connectivity index (χ4v) is 2.80. The lowest BCUT2D eigenvalue weighted by Gasteiger charge is -2.09. The predicted molar refractivity (Wildman–Crippen MR) is 68.8 cm³/mol. The third kappa shape index (κ3) is 2.94. The van der Waals surface area contributed by atoms with Crippen molar-refractivity contribution in [2.24, 2.45) is 10.9 Å². The summed E-state index contributed by atoms with van der Waals surface area (Å²) >= 11 is 1.53. The Bertz CT molecular complexity index is 453. The van der Waals surface area contributed by atoms with Crippen molar-refractivity contribution < 1.29 is 9.18 Å². The molecule has 1 aromatic rings. The summed E-state index contributed by atoms with van der Waals surface area (Å²) in [5, 5.41) is 0.783. The molecule has 1 heterocycles. The van der Waals surface area contributed by atoms with Crippen LogP contribution in [0, 0.1) is 11.7 Å². The van der Waals surface area contributed by atoms with Crippen LogP contribution in [0.15, 0.2) is 29.3 Å². The summed E-state index contributed by atoms with van der Waals surface area (Å²) in [5.74, 6) is 0.00924. The Balaban J connectivity index is 2.04. The Labute approximate surface area is 104 Å². The number of thioether (sulfide) groups is 1. The SMILES string of the molecule is CC(C)C1SC(Cc2ccc(F)cc2)=NC1=O. The normalized spacial score (nSPS) is 19.9. The van der Waals surface area contributed by atoms with Crippen LogP contribution in [-0.2, 0) is 11.2 Å². The van der Waals surface area contributed by atoms with Crippen molar-refractivity contribution in [3.63, 3.8) is 0 Å². The van der Waals surface area contributed by atoms with Crippen molar-refractivity contribution >= 4 is 22.7 Å². The lowest BCUT2D eigenvalue weighted by Crippen LogP contribution is -2.17. The first-order valence-electron chi connectivity index (χ1n) is 5.59. The van der Waals surface area contributed by atoms with E-state index in [1.807, 2.05) is 13.8 Å². The first-order chi connectivity index (χ1) is 8.06. The van der Waals surface area contributed by atoms with E-state index in [9.17, 15) is 9.18 Å². The summed E-state index contributed by atoms with van der Waals surface area (Å²) < 4.78 is 12.7. The van der Waals surface area contributed by atoms with Crippen LogP contribution < -0.4 is 0 Å². The van der Waals surface area contributed by atoms with Gasteiger partial charge in [0.15, 0.2) is 0 Å². The molecular formula is C13H14FNOS. The van der Waals surface area contributed by atoms with Gasteiger partial charge < -0.3 is 0 Å². The Hall–Kier alpha value is -1.16. The molecule has 0 aliphatic carbocycles. The number of carbonyl (C=O) groups is 1. The highest BCUT2D eigenvalue weighted by Crippen LogP contribution is 2.29. The second kappa shape index (κ2) is 5.00. The highest BCUT2D eigenvalue weighted by molar-refractivity contribution is 8.15. The van der Waals surface area contributed by atoms with Crippen LogP contribution in [-0.4, -0.2) is 16.2 Å². The molecule has 90 valence electrons. The van der Waals surface area contributed by atoms with Gasteiger partial charge in [0, 0.05) is 6.42 Å². The summed E-state index contributed by atoms with van der Waals surface area (Å²) in [5.41, 5.74) is 0.981. The number of nitrogens with zero attached hydrogens (tertiary/aromatic N) is 1. The van der Waals surface area contributed by atoms with Gasteiger partial charge in [-0.1, -0.05) is 37.7 Å². The Morgan fingerprint density at radius 2 is 2.00 bits per heavy atom. The number of hydrogen-bond acceptors (Lipinski definition) is 2.